The van der Waals surface area contributed by atoms with E-state index in [-0.39, 0.29) is 0 Å². The Morgan fingerprint density at radius 3 is 2.75 bits per heavy atom. The summed E-state index contributed by atoms with van der Waals surface area (Å²) >= 11 is 0. The maximum absolute atomic E-state index is 4.23. The van der Waals surface area contributed by atoms with Gasteiger partial charge in [0.2, 0.25) is 5.78 Å². The molecule has 0 aliphatic carbocycles. The minimum Gasteiger partial charge on any atom is -0.353 e. The van der Waals surface area contributed by atoms with Gasteiger partial charge in [0.1, 0.15) is 0 Å². The Labute approximate surface area is 92.6 Å². The van der Waals surface area contributed by atoms with E-state index < -0.39 is 0 Å². The Hall–Kier alpha value is -2.36. The smallest absolute Gasteiger partial charge is 0.233 e. The number of hydrogen-bond donors (Lipinski definition) is 1. The highest BCUT2D eigenvalue weighted by Crippen LogP contribution is 2.14. The molecule has 4 heteroatoms. The molecular weight excluding hydrogens is 200 g/mol. The predicted molar refractivity (Wildman–Crippen MR) is 62.7 cm³/mol. The van der Waals surface area contributed by atoms with Gasteiger partial charge in [-0.05, 0) is 12.1 Å². The second-order valence-electron chi connectivity index (χ2n) is 3.47. The van der Waals surface area contributed by atoms with E-state index in [1.807, 2.05) is 47.1 Å². The maximum Gasteiger partial charge on any atom is 0.233 e. The SMILES string of the molecule is c1ccc(Nc2cnc3nccn3c2)cc1. The van der Waals surface area contributed by atoms with E-state index in [0.29, 0.717) is 5.78 Å². The van der Waals surface area contributed by atoms with Crippen LogP contribution in [-0.4, -0.2) is 14.4 Å². The molecular formula is C12H10N4. The number of nitrogens with zero attached hydrogens (tertiary/aromatic N) is 3. The molecule has 0 aliphatic rings. The Balaban J connectivity index is 1.94. The fraction of sp³-hybridized carbons (Fsp3) is 0. The van der Waals surface area contributed by atoms with Crippen molar-refractivity contribution in [2.24, 2.45) is 0 Å². The zero-order valence-corrected chi connectivity index (χ0v) is 8.54. The summed E-state index contributed by atoms with van der Waals surface area (Å²) in [5.41, 5.74) is 1.99. The van der Waals surface area contributed by atoms with Crippen molar-refractivity contribution in [2.75, 3.05) is 5.32 Å². The van der Waals surface area contributed by atoms with Gasteiger partial charge in [-0.1, -0.05) is 18.2 Å². The van der Waals surface area contributed by atoms with Gasteiger partial charge in [-0.3, -0.25) is 4.40 Å². The minimum atomic E-state index is 0.707. The number of fused-ring (bicyclic) bond motifs is 1. The molecule has 0 radical (unpaired) electrons. The van der Waals surface area contributed by atoms with E-state index in [1.165, 1.54) is 0 Å². The fourth-order valence-corrected chi connectivity index (χ4v) is 1.57. The van der Waals surface area contributed by atoms with Gasteiger partial charge in [-0.25, -0.2) is 9.97 Å². The molecule has 0 amide bonds. The topological polar surface area (TPSA) is 42.2 Å². The normalized spacial score (nSPS) is 10.5. The molecule has 4 nitrogen and oxygen atoms in total. The van der Waals surface area contributed by atoms with Crippen LogP contribution in [0.25, 0.3) is 5.78 Å². The van der Waals surface area contributed by atoms with Gasteiger partial charge in [-0.15, -0.1) is 0 Å². The van der Waals surface area contributed by atoms with Crippen molar-refractivity contribution in [1.29, 1.82) is 0 Å². The first-order chi connectivity index (χ1) is 7.92. The minimum absolute atomic E-state index is 0.707. The first kappa shape index (κ1) is 8.91. The third kappa shape index (κ3) is 1.61. The van der Waals surface area contributed by atoms with Crippen LogP contribution in [0.5, 0.6) is 0 Å². The van der Waals surface area contributed by atoms with E-state index in [0.717, 1.165) is 11.4 Å². The number of rotatable bonds is 2. The summed E-state index contributed by atoms with van der Waals surface area (Å²) in [7, 11) is 0. The summed E-state index contributed by atoms with van der Waals surface area (Å²) in [6, 6.07) is 10.00. The lowest BCUT2D eigenvalue weighted by molar-refractivity contribution is 1.11. The van der Waals surface area contributed by atoms with Crippen LogP contribution in [0.4, 0.5) is 11.4 Å². The highest BCUT2D eigenvalue weighted by atomic mass is 15.1. The van der Waals surface area contributed by atoms with Gasteiger partial charge >= 0.3 is 0 Å². The van der Waals surface area contributed by atoms with Crippen LogP contribution in [0.15, 0.2) is 55.1 Å². The van der Waals surface area contributed by atoms with Gasteiger partial charge in [0.15, 0.2) is 0 Å². The van der Waals surface area contributed by atoms with E-state index in [1.54, 1.807) is 12.4 Å². The highest BCUT2D eigenvalue weighted by molar-refractivity contribution is 5.58. The molecule has 1 aromatic carbocycles. The average Bonchev–Trinajstić information content (AvgIpc) is 2.77. The number of benzene rings is 1. The van der Waals surface area contributed by atoms with Crippen molar-refractivity contribution in [3.63, 3.8) is 0 Å². The largest absolute Gasteiger partial charge is 0.353 e. The molecule has 0 unspecified atom stereocenters. The summed E-state index contributed by atoms with van der Waals surface area (Å²) < 4.78 is 1.88. The van der Waals surface area contributed by atoms with Gasteiger partial charge in [0.25, 0.3) is 0 Å². The van der Waals surface area contributed by atoms with Crippen LogP contribution in [0.1, 0.15) is 0 Å². The molecule has 0 saturated carbocycles. The molecule has 0 saturated heterocycles. The fourth-order valence-electron chi connectivity index (χ4n) is 1.57. The third-order valence-corrected chi connectivity index (χ3v) is 2.31. The summed E-state index contributed by atoms with van der Waals surface area (Å²) in [4.78, 5) is 8.32. The molecule has 0 aliphatic heterocycles. The van der Waals surface area contributed by atoms with Gasteiger partial charge in [-0.2, -0.15) is 0 Å². The lowest BCUT2D eigenvalue weighted by atomic mass is 10.3. The van der Waals surface area contributed by atoms with E-state index >= 15 is 0 Å². The van der Waals surface area contributed by atoms with Crippen molar-refractivity contribution >= 4 is 17.2 Å². The van der Waals surface area contributed by atoms with Crippen LogP contribution in [0, 0.1) is 0 Å². The van der Waals surface area contributed by atoms with Gasteiger partial charge in [0.05, 0.1) is 11.9 Å². The number of aromatic nitrogens is 3. The van der Waals surface area contributed by atoms with Crippen LogP contribution >= 0.6 is 0 Å². The molecule has 1 N–H and O–H groups in total. The quantitative estimate of drug-likeness (QED) is 0.706. The first-order valence-corrected chi connectivity index (χ1v) is 5.02. The van der Waals surface area contributed by atoms with Crippen LogP contribution in [-0.2, 0) is 0 Å². The van der Waals surface area contributed by atoms with Crippen molar-refractivity contribution in [3.05, 3.63) is 55.1 Å². The molecule has 0 bridgehead atoms. The monoisotopic (exact) mass is 210 g/mol. The number of imidazole rings is 1. The molecule has 2 heterocycles. The molecule has 3 aromatic rings. The van der Waals surface area contributed by atoms with Crippen LogP contribution in [0.2, 0.25) is 0 Å². The lowest BCUT2D eigenvalue weighted by Crippen LogP contribution is -1.94. The van der Waals surface area contributed by atoms with E-state index in [9.17, 15) is 0 Å². The second-order valence-corrected chi connectivity index (χ2v) is 3.47. The summed E-state index contributed by atoms with van der Waals surface area (Å²) in [6.07, 6.45) is 7.34. The Morgan fingerprint density at radius 1 is 1.00 bits per heavy atom. The number of para-hydroxylation sites is 1. The van der Waals surface area contributed by atoms with Crippen LogP contribution in [0.3, 0.4) is 0 Å². The van der Waals surface area contributed by atoms with Crippen LogP contribution < -0.4 is 5.32 Å². The van der Waals surface area contributed by atoms with Crippen molar-refractivity contribution in [2.45, 2.75) is 0 Å². The first-order valence-electron chi connectivity index (χ1n) is 5.02. The van der Waals surface area contributed by atoms with E-state index in [2.05, 4.69) is 15.3 Å². The van der Waals surface area contributed by atoms with Crippen molar-refractivity contribution in [1.82, 2.24) is 14.4 Å². The van der Waals surface area contributed by atoms with Gasteiger partial charge in [0, 0.05) is 24.3 Å². The molecule has 3 rings (SSSR count). The highest BCUT2D eigenvalue weighted by Gasteiger charge is 1.97. The number of hydrogen-bond acceptors (Lipinski definition) is 3. The Morgan fingerprint density at radius 2 is 1.88 bits per heavy atom. The molecule has 78 valence electrons. The van der Waals surface area contributed by atoms with Gasteiger partial charge < -0.3 is 5.32 Å². The number of anilines is 2. The standard InChI is InChI=1S/C12H10N4/c1-2-4-10(5-3-1)15-11-8-14-12-13-6-7-16(12)9-11/h1-9,15H. The Bertz CT molecular complexity index is 600. The maximum atomic E-state index is 4.23. The van der Waals surface area contributed by atoms with E-state index in [4.69, 9.17) is 0 Å². The molecule has 0 atom stereocenters. The predicted octanol–water partition coefficient (Wildman–Crippen LogP) is 2.47. The number of nitrogens with one attached hydrogen (secondary N) is 1. The summed E-state index contributed by atoms with van der Waals surface area (Å²) in [5.74, 6) is 0.707. The average molecular weight is 210 g/mol. The summed E-state index contributed by atoms with van der Waals surface area (Å²) in [5, 5.41) is 3.27. The second kappa shape index (κ2) is 3.66. The molecule has 0 spiro atoms. The Kier molecular flexibility index (Phi) is 2.04. The molecule has 2 aromatic heterocycles. The van der Waals surface area contributed by atoms with Crippen molar-refractivity contribution in [3.8, 4) is 0 Å². The zero-order chi connectivity index (χ0) is 10.8. The lowest BCUT2D eigenvalue weighted by Gasteiger charge is -2.05. The molecule has 16 heavy (non-hydrogen) atoms. The zero-order valence-electron chi connectivity index (χ0n) is 8.54. The molecule has 0 fully saturated rings. The van der Waals surface area contributed by atoms with Crippen molar-refractivity contribution < 1.29 is 0 Å². The third-order valence-electron chi connectivity index (χ3n) is 2.31. The summed E-state index contributed by atoms with van der Waals surface area (Å²) in [6.45, 7) is 0.